The molecule has 1 aromatic carbocycles. The standard InChI is InChI=1S/C23H26F3N3OS/c1-14(2)8-9-27-17-6-7-18-19(11-17)31-21-20(18)22(30)29(13-28-21)12-15-4-3-5-16(10-15)23(24,25)26/h3-5,10,13-14,17,27H,6-9,11-12H2,1-2H3. The number of hydrogen-bond donors (Lipinski definition) is 1. The normalized spacial score (nSPS) is 16.8. The van der Waals surface area contributed by atoms with Gasteiger partial charge in [-0.15, -0.1) is 11.3 Å². The molecule has 0 amide bonds. The molecule has 1 N–H and O–H groups in total. The summed E-state index contributed by atoms with van der Waals surface area (Å²) in [6.45, 7) is 5.48. The van der Waals surface area contributed by atoms with Crippen molar-refractivity contribution in [2.45, 2.75) is 58.3 Å². The molecule has 0 saturated heterocycles. The fourth-order valence-corrected chi connectivity index (χ4v) is 5.36. The minimum Gasteiger partial charge on any atom is -0.314 e. The van der Waals surface area contributed by atoms with Crippen molar-refractivity contribution in [2.24, 2.45) is 5.92 Å². The van der Waals surface area contributed by atoms with Gasteiger partial charge in [0.05, 0.1) is 23.8 Å². The Bertz CT molecular complexity index is 1130. The molecule has 0 aliphatic heterocycles. The Hall–Kier alpha value is -2.19. The van der Waals surface area contributed by atoms with Crippen molar-refractivity contribution in [3.05, 3.63) is 62.5 Å². The molecule has 166 valence electrons. The lowest BCUT2D eigenvalue weighted by atomic mass is 9.93. The third kappa shape index (κ3) is 4.85. The minimum atomic E-state index is -4.41. The molecule has 3 aromatic rings. The number of alkyl halides is 3. The Labute approximate surface area is 183 Å². The van der Waals surface area contributed by atoms with E-state index in [4.69, 9.17) is 0 Å². The molecule has 1 aliphatic carbocycles. The van der Waals surface area contributed by atoms with Crippen LogP contribution in [0.5, 0.6) is 0 Å². The third-order valence-corrected chi connectivity index (χ3v) is 6.96. The summed E-state index contributed by atoms with van der Waals surface area (Å²) in [5, 5.41) is 4.26. The van der Waals surface area contributed by atoms with Gasteiger partial charge in [-0.25, -0.2) is 4.98 Å². The number of thiophene rings is 1. The average molecular weight is 450 g/mol. The molecule has 0 spiro atoms. The Morgan fingerprint density at radius 3 is 2.87 bits per heavy atom. The van der Waals surface area contributed by atoms with Crippen molar-refractivity contribution < 1.29 is 13.2 Å². The number of nitrogens with one attached hydrogen (secondary N) is 1. The molecule has 2 heterocycles. The summed E-state index contributed by atoms with van der Waals surface area (Å²) in [6, 6.07) is 5.50. The molecule has 4 nitrogen and oxygen atoms in total. The number of nitrogens with zero attached hydrogens (tertiary/aromatic N) is 2. The molecule has 0 saturated carbocycles. The van der Waals surface area contributed by atoms with Crippen LogP contribution in [0.15, 0.2) is 35.4 Å². The largest absolute Gasteiger partial charge is 0.416 e. The van der Waals surface area contributed by atoms with Crippen LogP contribution in [0.3, 0.4) is 0 Å². The zero-order valence-corrected chi connectivity index (χ0v) is 18.4. The van der Waals surface area contributed by atoms with Gasteiger partial charge in [-0.2, -0.15) is 13.2 Å². The zero-order valence-electron chi connectivity index (χ0n) is 17.6. The molecule has 1 unspecified atom stereocenters. The minimum absolute atomic E-state index is 0.0652. The SMILES string of the molecule is CC(C)CCNC1CCc2c(sc3ncn(Cc4cccc(C(F)(F)F)c4)c(=O)c23)C1. The number of aryl methyl sites for hydroxylation is 1. The van der Waals surface area contributed by atoms with E-state index >= 15 is 0 Å². The summed E-state index contributed by atoms with van der Waals surface area (Å²) in [7, 11) is 0. The first-order valence-electron chi connectivity index (χ1n) is 10.6. The van der Waals surface area contributed by atoms with Gasteiger partial charge in [0.25, 0.3) is 5.56 Å². The summed E-state index contributed by atoms with van der Waals surface area (Å²) >= 11 is 1.57. The number of rotatable bonds is 6. The lowest BCUT2D eigenvalue weighted by molar-refractivity contribution is -0.137. The van der Waals surface area contributed by atoms with Crippen molar-refractivity contribution >= 4 is 21.6 Å². The molecule has 1 aliphatic rings. The fourth-order valence-electron chi connectivity index (χ4n) is 4.11. The van der Waals surface area contributed by atoms with Crippen molar-refractivity contribution in [2.75, 3.05) is 6.54 Å². The van der Waals surface area contributed by atoms with Gasteiger partial charge in [0.2, 0.25) is 0 Å². The molecule has 31 heavy (non-hydrogen) atoms. The lowest BCUT2D eigenvalue weighted by Gasteiger charge is -2.23. The second kappa shape index (κ2) is 8.74. The molecular formula is C23H26F3N3OS. The molecule has 2 aromatic heterocycles. The van der Waals surface area contributed by atoms with Crippen molar-refractivity contribution in [1.82, 2.24) is 14.9 Å². The Morgan fingerprint density at radius 2 is 2.13 bits per heavy atom. The second-order valence-corrected chi connectivity index (χ2v) is 9.72. The first kappa shape index (κ1) is 22.0. The molecule has 0 bridgehead atoms. The second-order valence-electron chi connectivity index (χ2n) is 8.64. The lowest BCUT2D eigenvalue weighted by Crippen LogP contribution is -2.35. The molecule has 4 rings (SSSR count). The fraction of sp³-hybridized carbons (Fsp3) is 0.478. The highest BCUT2D eigenvalue weighted by Crippen LogP contribution is 2.34. The maximum Gasteiger partial charge on any atom is 0.416 e. The number of halogens is 3. The van der Waals surface area contributed by atoms with Gasteiger partial charge in [-0.3, -0.25) is 9.36 Å². The molecule has 1 atom stereocenters. The highest BCUT2D eigenvalue weighted by Gasteiger charge is 2.30. The van der Waals surface area contributed by atoms with Gasteiger partial charge < -0.3 is 5.32 Å². The maximum absolute atomic E-state index is 13.2. The topological polar surface area (TPSA) is 46.9 Å². The van der Waals surface area contributed by atoms with Crippen LogP contribution in [0.4, 0.5) is 13.2 Å². The quantitative estimate of drug-likeness (QED) is 0.575. The van der Waals surface area contributed by atoms with Gasteiger partial charge in [0.1, 0.15) is 4.83 Å². The van der Waals surface area contributed by atoms with E-state index in [1.165, 1.54) is 21.8 Å². The van der Waals surface area contributed by atoms with E-state index in [-0.39, 0.29) is 12.1 Å². The Morgan fingerprint density at radius 1 is 1.32 bits per heavy atom. The van der Waals surface area contributed by atoms with E-state index in [2.05, 4.69) is 24.1 Å². The summed E-state index contributed by atoms with van der Waals surface area (Å²) in [6.07, 6.45) is 0.859. The van der Waals surface area contributed by atoms with Crippen LogP contribution in [-0.2, 0) is 25.6 Å². The third-order valence-electron chi connectivity index (χ3n) is 5.80. The number of hydrogen-bond acceptors (Lipinski definition) is 4. The van der Waals surface area contributed by atoms with Crippen LogP contribution in [0.2, 0.25) is 0 Å². The highest BCUT2D eigenvalue weighted by molar-refractivity contribution is 7.18. The van der Waals surface area contributed by atoms with Crippen LogP contribution in [0.25, 0.3) is 10.2 Å². The van der Waals surface area contributed by atoms with Gasteiger partial charge in [0.15, 0.2) is 0 Å². The van der Waals surface area contributed by atoms with E-state index in [1.54, 1.807) is 17.4 Å². The predicted molar refractivity (Wildman–Crippen MR) is 118 cm³/mol. The van der Waals surface area contributed by atoms with E-state index in [9.17, 15) is 18.0 Å². The van der Waals surface area contributed by atoms with Crippen LogP contribution < -0.4 is 10.9 Å². The first-order valence-corrected chi connectivity index (χ1v) is 11.4. The van der Waals surface area contributed by atoms with Gasteiger partial charge in [-0.1, -0.05) is 26.0 Å². The summed E-state index contributed by atoms with van der Waals surface area (Å²) in [5.41, 5.74) is 0.608. The van der Waals surface area contributed by atoms with Crippen LogP contribution in [0.1, 0.15) is 48.3 Å². The van der Waals surface area contributed by atoms with Crippen LogP contribution >= 0.6 is 11.3 Å². The Kier molecular flexibility index (Phi) is 6.21. The number of aromatic nitrogens is 2. The van der Waals surface area contributed by atoms with Crippen molar-refractivity contribution in [3.63, 3.8) is 0 Å². The van der Waals surface area contributed by atoms with Gasteiger partial charge in [0, 0.05) is 10.9 Å². The average Bonchev–Trinajstić information content (AvgIpc) is 3.08. The number of benzene rings is 1. The van der Waals surface area contributed by atoms with Crippen molar-refractivity contribution in [1.29, 1.82) is 0 Å². The van der Waals surface area contributed by atoms with Crippen molar-refractivity contribution in [3.8, 4) is 0 Å². The summed E-state index contributed by atoms with van der Waals surface area (Å²) < 4.78 is 40.4. The van der Waals surface area contributed by atoms with E-state index < -0.39 is 11.7 Å². The monoisotopic (exact) mass is 449 g/mol. The molecule has 8 heteroatoms. The number of fused-ring (bicyclic) bond motifs is 3. The molecule has 0 radical (unpaired) electrons. The highest BCUT2D eigenvalue weighted by atomic mass is 32.1. The van der Waals surface area contributed by atoms with E-state index in [1.807, 2.05) is 0 Å². The Balaban J connectivity index is 1.58. The van der Waals surface area contributed by atoms with Gasteiger partial charge >= 0.3 is 6.18 Å². The van der Waals surface area contributed by atoms with Gasteiger partial charge in [-0.05, 0) is 61.4 Å². The van der Waals surface area contributed by atoms with Crippen LogP contribution in [0, 0.1) is 5.92 Å². The molecule has 0 fully saturated rings. The van der Waals surface area contributed by atoms with E-state index in [0.29, 0.717) is 22.9 Å². The molecular weight excluding hydrogens is 423 g/mol. The predicted octanol–water partition coefficient (Wildman–Crippen LogP) is 5.02. The summed E-state index contributed by atoms with van der Waals surface area (Å²) in [5.74, 6) is 0.662. The zero-order chi connectivity index (χ0) is 22.2. The maximum atomic E-state index is 13.2. The smallest absolute Gasteiger partial charge is 0.314 e. The first-order chi connectivity index (χ1) is 14.7. The van der Waals surface area contributed by atoms with E-state index in [0.717, 1.165) is 54.8 Å². The van der Waals surface area contributed by atoms with Crippen LogP contribution in [-0.4, -0.2) is 22.1 Å². The summed E-state index contributed by atoms with van der Waals surface area (Å²) in [4.78, 5) is 19.6.